The summed E-state index contributed by atoms with van der Waals surface area (Å²) in [6.45, 7) is 12.3. The van der Waals surface area contributed by atoms with E-state index in [4.69, 9.17) is 9.31 Å². The molecule has 2 aliphatic rings. The van der Waals surface area contributed by atoms with E-state index in [1.165, 1.54) is 6.42 Å². The Morgan fingerprint density at radius 1 is 1.19 bits per heavy atom. The summed E-state index contributed by atoms with van der Waals surface area (Å²) in [6, 6.07) is 0. The number of rotatable bonds is 3. The van der Waals surface area contributed by atoms with Gasteiger partial charge in [0.05, 0.1) is 11.2 Å². The van der Waals surface area contributed by atoms with Crippen LogP contribution in [0.3, 0.4) is 0 Å². The molecule has 2 rings (SSSR count). The summed E-state index contributed by atoms with van der Waals surface area (Å²) in [5.74, 6) is 0.951. The first-order valence-corrected chi connectivity index (χ1v) is 8.38. The molecule has 0 aromatic rings. The smallest absolute Gasteiger partial charge is 0.398 e. The zero-order valence-electron chi connectivity index (χ0n) is 14.5. The largest absolute Gasteiger partial charge is 0.525 e. The van der Waals surface area contributed by atoms with Crippen LogP contribution in [0.5, 0.6) is 0 Å². The lowest BCUT2D eigenvalue weighted by atomic mass is 9.73. The van der Waals surface area contributed by atoms with Crippen LogP contribution in [0.1, 0.15) is 73.6 Å². The number of halogens is 1. The fourth-order valence-electron chi connectivity index (χ4n) is 3.33. The molecule has 0 amide bonds. The fourth-order valence-corrected chi connectivity index (χ4v) is 3.33. The van der Waals surface area contributed by atoms with Crippen LogP contribution in [0.4, 0.5) is 4.39 Å². The molecule has 21 heavy (non-hydrogen) atoms. The molecule has 2 nitrogen and oxygen atoms in total. The summed E-state index contributed by atoms with van der Waals surface area (Å²) >= 11 is 0. The molecule has 0 aromatic heterocycles. The van der Waals surface area contributed by atoms with E-state index in [1.807, 2.05) is 27.7 Å². The first-order chi connectivity index (χ1) is 9.64. The standard InChI is InChI=1S/C17H30BFO2/c1-12(2)11-13-9-7-8-10-14(13)15(19)18-20-16(3,4)17(5,6)21-18/h12-13H,7-11H2,1-6H3/t13-/m1/s1. The van der Waals surface area contributed by atoms with Crippen molar-refractivity contribution in [3.05, 3.63) is 11.3 Å². The van der Waals surface area contributed by atoms with Crippen LogP contribution < -0.4 is 0 Å². The van der Waals surface area contributed by atoms with Gasteiger partial charge in [0.25, 0.3) is 0 Å². The highest BCUT2D eigenvalue weighted by atomic mass is 19.1. The van der Waals surface area contributed by atoms with Crippen molar-refractivity contribution in [1.82, 2.24) is 0 Å². The van der Waals surface area contributed by atoms with Crippen molar-refractivity contribution in [2.24, 2.45) is 11.8 Å². The Hall–Kier alpha value is -0.345. The number of allylic oxidation sites excluding steroid dienone is 1. The van der Waals surface area contributed by atoms with E-state index in [-0.39, 0.29) is 5.73 Å². The second-order valence-electron chi connectivity index (χ2n) is 8.03. The average Bonchev–Trinajstić information content (AvgIpc) is 2.57. The maximum atomic E-state index is 15.0. The Labute approximate surface area is 129 Å². The van der Waals surface area contributed by atoms with E-state index in [0.717, 1.165) is 31.3 Å². The van der Waals surface area contributed by atoms with Crippen LogP contribution in [-0.4, -0.2) is 18.3 Å². The summed E-state index contributed by atoms with van der Waals surface area (Å²) in [5.41, 5.74) is -0.150. The van der Waals surface area contributed by atoms with Gasteiger partial charge in [-0.25, -0.2) is 4.39 Å². The lowest BCUT2D eigenvalue weighted by Crippen LogP contribution is -2.41. The highest BCUT2D eigenvalue weighted by molar-refractivity contribution is 6.53. The summed E-state index contributed by atoms with van der Waals surface area (Å²) in [6.07, 6.45) is 5.30. The van der Waals surface area contributed by atoms with Crippen molar-refractivity contribution in [3.8, 4) is 0 Å². The van der Waals surface area contributed by atoms with E-state index in [2.05, 4.69) is 13.8 Å². The minimum Gasteiger partial charge on any atom is -0.398 e. The Kier molecular flexibility index (Phi) is 4.89. The third-order valence-corrected chi connectivity index (χ3v) is 5.26. The Bertz CT molecular complexity index is 399. The molecule has 1 aliphatic heterocycles. The lowest BCUT2D eigenvalue weighted by Gasteiger charge is -2.32. The van der Waals surface area contributed by atoms with Gasteiger partial charge in [-0.2, -0.15) is 0 Å². The van der Waals surface area contributed by atoms with Crippen LogP contribution in [0.15, 0.2) is 11.3 Å². The molecule has 0 bridgehead atoms. The molecule has 0 unspecified atom stereocenters. The van der Waals surface area contributed by atoms with Gasteiger partial charge in [-0.05, 0) is 70.8 Å². The molecule has 0 spiro atoms. The number of hydrogen-bond acceptors (Lipinski definition) is 2. The Balaban J connectivity index is 2.21. The van der Waals surface area contributed by atoms with Crippen LogP contribution in [0, 0.1) is 11.8 Å². The van der Waals surface area contributed by atoms with Crippen molar-refractivity contribution in [1.29, 1.82) is 0 Å². The monoisotopic (exact) mass is 296 g/mol. The van der Waals surface area contributed by atoms with Gasteiger partial charge in [0.15, 0.2) is 0 Å². The minimum atomic E-state index is -0.822. The second-order valence-corrected chi connectivity index (χ2v) is 8.03. The van der Waals surface area contributed by atoms with Gasteiger partial charge in [0, 0.05) is 0 Å². The maximum absolute atomic E-state index is 15.0. The maximum Gasteiger partial charge on any atom is 0.525 e. The van der Waals surface area contributed by atoms with Gasteiger partial charge >= 0.3 is 7.12 Å². The van der Waals surface area contributed by atoms with E-state index in [0.29, 0.717) is 11.8 Å². The predicted octanol–water partition coefficient (Wildman–Crippen LogP) is 5.08. The van der Waals surface area contributed by atoms with Crippen LogP contribution in [0.25, 0.3) is 0 Å². The van der Waals surface area contributed by atoms with Crippen LogP contribution >= 0.6 is 0 Å². The van der Waals surface area contributed by atoms with E-state index >= 15 is 4.39 Å². The Morgan fingerprint density at radius 2 is 1.76 bits per heavy atom. The summed E-state index contributed by atoms with van der Waals surface area (Å²) in [4.78, 5) is 0. The SMILES string of the molecule is CC(C)C[C@H]1CCCCC1=C(F)B1OC(C)(C)C(C)(C)O1. The molecule has 0 aromatic carbocycles. The van der Waals surface area contributed by atoms with Crippen molar-refractivity contribution in [2.45, 2.75) is 84.8 Å². The fraction of sp³-hybridized carbons (Fsp3) is 0.882. The molecule has 4 heteroatoms. The highest BCUT2D eigenvalue weighted by Gasteiger charge is 2.53. The molecule has 120 valence electrons. The first-order valence-electron chi connectivity index (χ1n) is 8.38. The third kappa shape index (κ3) is 3.53. The molecule has 0 radical (unpaired) electrons. The highest BCUT2D eigenvalue weighted by Crippen LogP contribution is 2.42. The molecule has 1 atom stereocenters. The molecular formula is C17H30BFO2. The minimum absolute atomic E-state index is 0.154. The van der Waals surface area contributed by atoms with Crippen molar-refractivity contribution in [2.75, 3.05) is 0 Å². The van der Waals surface area contributed by atoms with E-state index in [1.54, 1.807) is 0 Å². The van der Waals surface area contributed by atoms with Gasteiger partial charge in [-0.3, -0.25) is 0 Å². The molecule has 2 fully saturated rings. The van der Waals surface area contributed by atoms with E-state index in [9.17, 15) is 0 Å². The summed E-state index contributed by atoms with van der Waals surface area (Å²) in [5, 5.41) is 0. The van der Waals surface area contributed by atoms with Crippen LogP contribution in [-0.2, 0) is 9.31 Å². The van der Waals surface area contributed by atoms with Crippen molar-refractivity contribution >= 4 is 7.12 Å². The molecule has 1 aliphatic carbocycles. The average molecular weight is 296 g/mol. The molecule has 0 N–H and O–H groups in total. The molecule has 1 heterocycles. The van der Waals surface area contributed by atoms with Crippen LogP contribution in [0.2, 0.25) is 0 Å². The number of hydrogen-bond donors (Lipinski definition) is 0. The predicted molar refractivity (Wildman–Crippen MR) is 85.6 cm³/mol. The summed E-state index contributed by atoms with van der Waals surface area (Å²) < 4.78 is 26.8. The summed E-state index contributed by atoms with van der Waals surface area (Å²) in [7, 11) is -0.822. The first kappa shape index (κ1) is 17.0. The molecule has 1 saturated carbocycles. The van der Waals surface area contributed by atoms with Gasteiger partial charge in [-0.15, -0.1) is 0 Å². The second kappa shape index (κ2) is 6.04. The van der Waals surface area contributed by atoms with Crippen molar-refractivity contribution in [3.63, 3.8) is 0 Å². The molecule has 1 saturated heterocycles. The molecular weight excluding hydrogens is 266 g/mol. The lowest BCUT2D eigenvalue weighted by molar-refractivity contribution is 0.00578. The van der Waals surface area contributed by atoms with Gasteiger partial charge in [0.2, 0.25) is 0 Å². The van der Waals surface area contributed by atoms with Gasteiger partial charge in [-0.1, -0.05) is 20.3 Å². The third-order valence-electron chi connectivity index (χ3n) is 5.26. The normalized spacial score (nSPS) is 30.9. The van der Waals surface area contributed by atoms with Crippen molar-refractivity contribution < 1.29 is 13.7 Å². The quantitative estimate of drug-likeness (QED) is 0.676. The van der Waals surface area contributed by atoms with Gasteiger partial charge in [0.1, 0.15) is 5.73 Å². The van der Waals surface area contributed by atoms with Gasteiger partial charge < -0.3 is 9.31 Å². The zero-order valence-corrected chi connectivity index (χ0v) is 14.5. The van der Waals surface area contributed by atoms with E-state index < -0.39 is 18.3 Å². The Morgan fingerprint density at radius 3 is 2.29 bits per heavy atom. The topological polar surface area (TPSA) is 18.5 Å². The zero-order chi connectivity index (χ0) is 15.8.